The van der Waals surface area contributed by atoms with E-state index < -0.39 is 23.3 Å². The standard InChI is InChI=1S/C9H8F6/c1-5(2)6-3-4-7(10,11)9(14,15)8(6,12)13/h3-4H,1-2H3. The highest BCUT2D eigenvalue weighted by Crippen LogP contribution is 2.53. The highest BCUT2D eigenvalue weighted by molar-refractivity contribution is 5.39. The zero-order chi connectivity index (χ0) is 12.1. The van der Waals surface area contributed by atoms with Gasteiger partial charge in [0.15, 0.2) is 0 Å². The van der Waals surface area contributed by atoms with Crippen LogP contribution < -0.4 is 0 Å². The van der Waals surface area contributed by atoms with Crippen molar-refractivity contribution in [1.29, 1.82) is 0 Å². The van der Waals surface area contributed by atoms with Gasteiger partial charge in [0.1, 0.15) is 0 Å². The quantitative estimate of drug-likeness (QED) is 0.555. The summed E-state index contributed by atoms with van der Waals surface area (Å²) >= 11 is 0. The van der Waals surface area contributed by atoms with Gasteiger partial charge in [-0.15, -0.1) is 0 Å². The largest absolute Gasteiger partial charge is 0.380 e. The fourth-order valence-corrected chi connectivity index (χ4v) is 1.26. The van der Waals surface area contributed by atoms with Gasteiger partial charge in [-0.05, 0) is 19.9 Å². The molecule has 1 rings (SSSR count). The molecule has 0 amide bonds. The number of hydrogen-bond donors (Lipinski definition) is 0. The first kappa shape index (κ1) is 12.1. The molecule has 0 aliphatic heterocycles. The second-order valence-electron chi connectivity index (χ2n) is 3.52. The van der Waals surface area contributed by atoms with Gasteiger partial charge < -0.3 is 0 Å². The van der Waals surface area contributed by atoms with Crippen LogP contribution in [-0.2, 0) is 0 Å². The Bertz CT molecular complexity index is 333. The zero-order valence-electron chi connectivity index (χ0n) is 7.92. The average Bonchev–Trinajstić information content (AvgIpc) is 2.00. The van der Waals surface area contributed by atoms with E-state index in [9.17, 15) is 26.3 Å². The maximum atomic E-state index is 13.1. The lowest BCUT2D eigenvalue weighted by atomic mass is 9.88. The number of rotatable bonds is 0. The van der Waals surface area contributed by atoms with Crippen molar-refractivity contribution in [2.24, 2.45) is 0 Å². The van der Waals surface area contributed by atoms with Crippen molar-refractivity contribution >= 4 is 0 Å². The fraction of sp³-hybridized carbons (Fsp3) is 0.556. The van der Waals surface area contributed by atoms with Crippen molar-refractivity contribution in [3.63, 3.8) is 0 Å². The summed E-state index contributed by atoms with van der Waals surface area (Å²) < 4.78 is 76.8. The Morgan fingerprint density at radius 1 is 1.00 bits per heavy atom. The molecule has 1 aliphatic carbocycles. The molecule has 0 N–H and O–H groups in total. The van der Waals surface area contributed by atoms with Crippen LogP contribution in [0.1, 0.15) is 13.8 Å². The van der Waals surface area contributed by atoms with Crippen molar-refractivity contribution in [2.45, 2.75) is 31.6 Å². The summed E-state index contributed by atoms with van der Waals surface area (Å²) in [4.78, 5) is 0. The molecule has 0 nitrogen and oxygen atoms in total. The highest BCUT2D eigenvalue weighted by Gasteiger charge is 2.73. The minimum Gasteiger partial charge on any atom is -0.195 e. The summed E-state index contributed by atoms with van der Waals surface area (Å²) in [7, 11) is 0. The van der Waals surface area contributed by atoms with Crippen molar-refractivity contribution in [3.8, 4) is 0 Å². The first-order valence-electron chi connectivity index (χ1n) is 4.04. The summed E-state index contributed by atoms with van der Waals surface area (Å²) in [5.74, 6) is -15.1. The Balaban J connectivity index is 3.45. The van der Waals surface area contributed by atoms with Crippen LogP contribution >= 0.6 is 0 Å². The molecule has 0 atom stereocenters. The number of allylic oxidation sites excluding steroid dienone is 4. The van der Waals surface area contributed by atoms with Crippen molar-refractivity contribution in [1.82, 2.24) is 0 Å². The molecule has 1 aliphatic rings. The van der Waals surface area contributed by atoms with Gasteiger partial charge in [0, 0.05) is 5.57 Å². The molecule has 0 fully saturated rings. The monoisotopic (exact) mass is 230 g/mol. The predicted molar refractivity (Wildman–Crippen MR) is 42.4 cm³/mol. The molecule has 0 aromatic carbocycles. The van der Waals surface area contributed by atoms with Gasteiger partial charge in [-0.25, -0.2) is 0 Å². The average molecular weight is 230 g/mol. The molecule has 0 spiro atoms. The zero-order valence-corrected chi connectivity index (χ0v) is 7.92. The molecule has 0 aromatic rings. The normalized spacial score (nSPS) is 26.5. The van der Waals surface area contributed by atoms with E-state index in [1.807, 2.05) is 0 Å². The summed E-state index contributed by atoms with van der Waals surface area (Å²) in [6, 6.07) is 0. The molecule has 0 bridgehead atoms. The second-order valence-corrected chi connectivity index (χ2v) is 3.52. The van der Waals surface area contributed by atoms with E-state index in [2.05, 4.69) is 0 Å². The van der Waals surface area contributed by atoms with Crippen LogP contribution in [0.3, 0.4) is 0 Å². The Hall–Kier alpha value is -0.940. The van der Waals surface area contributed by atoms with Crippen LogP contribution in [0, 0.1) is 0 Å². The Labute approximate surface area is 82.3 Å². The highest BCUT2D eigenvalue weighted by atomic mass is 19.3. The van der Waals surface area contributed by atoms with Crippen molar-refractivity contribution < 1.29 is 26.3 Å². The summed E-state index contributed by atoms with van der Waals surface area (Å²) in [6.07, 6.45) is 0.166. The molecular formula is C9H8F6. The smallest absolute Gasteiger partial charge is 0.195 e. The SMILES string of the molecule is CC(C)=C1C=CC(F)(F)C(F)(F)C1(F)F. The van der Waals surface area contributed by atoms with E-state index in [4.69, 9.17) is 0 Å². The molecular weight excluding hydrogens is 222 g/mol. The van der Waals surface area contributed by atoms with Crippen LogP contribution in [0.5, 0.6) is 0 Å². The fourth-order valence-electron chi connectivity index (χ4n) is 1.26. The third-order valence-corrected chi connectivity index (χ3v) is 2.15. The van der Waals surface area contributed by atoms with Gasteiger partial charge in [0.05, 0.1) is 0 Å². The van der Waals surface area contributed by atoms with E-state index in [0.29, 0.717) is 6.08 Å². The molecule has 0 radical (unpaired) electrons. The third kappa shape index (κ3) is 1.46. The Morgan fingerprint density at radius 3 is 1.87 bits per heavy atom. The first-order chi connectivity index (χ1) is 6.54. The third-order valence-electron chi connectivity index (χ3n) is 2.15. The van der Waals surface area contributed by atoms with Crippen LogP contribution in [0.2, 0.25) is 0 Å². The van der Waals surface area contributed by atoms with E-state index >= 15 is 0 Å². The van der Waals surface area contributed by atoms with Gasteiger partial charge >= 0.3 is 17.8 Å². The van der Waals surface area contributed by atoms with Crippen molar-refractivity contribution in [3.05, 3.63) is 23.3 Å². The minimum atomic E-state index is -5.39. The molecule has 0 unspecified atom stereocenters. The molecule has 0 saturated heterocycles. The lowest BCUT2D eigenvalue weighted by molar-refractivity contribution is -0.280. The molecule has 15 heavy (non-hydrogen) atoms. The Morgan fingerprint density at radius 2 is 1.47 bits per heavy atom. The Kier molecular flexibility index (Phi) is 2.45. The molecule has 6 heteroatoms. The van der Waals surface area contributed by atoms with E-state index in [1.54, 1.807) is 0 Å². The molecule has 0 saturated carbocycles. The van der Waals surface area contributed by atoms with Gasteiger partial charge in [0.2, 0.25) is 0 Å². The summed E-state index contributed by atoms with van der Waals surface area (Å²) in [6.45, 7) is 2.32. The molecule has 0 aromatic heterocycles. The number of alkyl halides is 6. The van der Waals surface area contributed by atoms with E-state index in [1.165, 1.54) is 0 Å². The second kappa shape index (κ2) is 3.02. The minimum absolute atomic E-state index is 0.119. The first-order valence-corrected chi connectivity index (χ1v) is 4.04. The van der Waals surface area contributed by atoms with E-state index in [-0.39, 0.29) is 11.6 Å². The number of halogens is 6. The van der Waals surface area contributed by atoms with Crippen LogP contribution in [0.25, 0.3) is 0 Å². The lowest BCUT2D eigenvalue weighted by Crippen LogP contribution is -2.56. The number of hydrogen-bond acceptors (Lipinski definition) is 0. The van der Waals surface area contributed by atoms with Crippen LogP contribution in [0.15, 0.2) is 23.3 Å². The molecule has 0 heterocycles. The van der Waals surface area contributed by atoms with E-state index in [0.717, 1.165) is 13.8 Å². The summed E-state index contributed by atoms with van der Waals surface area (Å²) in [5.41, 5.74) is -1.18. The van der Waals surface area contributed by atoms with Crippen LogP contribution in [0.4, 0.5) is 26.3 Å². The predicted octanol–water partition coefficient (Wildman–Crippen LogP) is 3.80. The maximum absolute atomic E-state index is 13.1. The van der Waals surface area contributed by atoms with Gasteiger partial charge in [-0.2, -0.15) is 26.3 Å². The topological polar surface area (TPSA) is 0 Å². The maximum Gasteiger partial charge on any atom is 0.380 e. The van der Waals surface area contributed by atoms with Gasteiger partial charge in [-0.1, -0.05) is 11.6 Å². The summed E-state index contributed by atoms with van der Waals surface area (Å²) in [5, 5.41) is 0. The van der Waals surface area contributed by atoms with Crippen LogP contribution in [-0.4, -0.2) is 17.8 Å². The van der Waals surface area contributed by atoms with Gasteiger partial charge in [0.25, 0.3) is 0 Å². The molecule has 86 valence electrons. The van der Waals surface area contributed by atoms with Gasteiger partial charge in [-0.3, -0.25) is 0 Å². The lowest BCUT2D eigenvalue weighted by Gasteiger charge is -2.35. The van der Waals surface area contributed by atoms with Crippen molar-refractivity contribution in [2.75, 3.05) is 0 Å².